The minimum atomic E-state index is -3.89. The van der Waals surface area contributed by atoms with Crippen LogP contribution in [0, 0.1) is 0 Å². The Labute approximate surface area is 179 Å². The Hall–Kier alpha value is -2.39. The number of hydrogen-bond donors (Lipinski definition) is 2. The van der Waals surface area contributed by atoms with Gasteiger partial charge in [-0.15, -0.1) is 0 Å². The van der Waals surface area contributed by atoms with Crippen molar-refractivity contribution in [2.24, 2.45) is 0 Å². The number of aromatic amines is 1. The third kappa shape index (κ3) is 5.02. The van der Waals surface area contributed by atoms with E-state index in [0.29, 0.717) is 28.5 Å². The topological polar surface area (TPSA) is 99.7 Å². The molecule has 0 fully saturated rings. The first kappa shape index (κ1) is 22.3. The van der Waals surface area contributed by atoms with Crippen molar-refractivity contribution >= 4 is 32.5 Å². The highest BCUT2D eigenvalue weighted by Gasteiger charge is 2.25. The average molecular weight is 451 g/mol. The Bertz CT molecular complexity index is 1180. The number of aliphatic hydroxyl groups is 1. The van der Waals surface area contributed by atoms with Gasteiger partial charge in [-0.25, -0.2) is 8.42 Å². The highest BCUT2D eigenvalue weighted by Crippen LogP contribution is 2.23. The summed E-state index contributed by atoms with van der Waals surface area (Å²) in [5, 5.41) is 10.4. The average Bonchev–Trinajstić information content (AvgIpc) is 2.72. The van der Waals surface area contributed by atoms with E-state index >= 15 is 0 Å². The maximum Gasteiger partial charge on any atom is 0.252 e. The van der Waals surface area contributed by atoms with E-state index in [1.54, 1.807) is 24.3 Å². The first-order valence-corrected chi connectivity index (χ1v) is 11.3. The summed E-state index contributed by atoms with van der Waals surface area (Å²) in [6.45, 7) is 2.16. The predicted molar refractivity (Wildman–Crippen MR) is 116 cm³/mol. The lowest BCUT2D eigenvalue weighted by Gasteiger charge is -2.22. The molecule has 0 saturated heterocycles. The van der Waals surface area contributed by atoms with Gasteiger partial charge in [0.2, 0.25) is 10.0 Å². The van der Waals surface area contributed by atoms with Gasteiger partial charge in [0.1, 0.15) is 5.75 Å². The van der Waals surface area contributed by atoms with Crippen molar-refractivity contribution in [3.8, 4) is 5.75 Å². The molecule has 0 aliphatic carbocycles. The quantitative estimate of drug-likeness (QED) is 0.521. The second-order valence-corrected chi connectivity index (χ2v) is 9.05. The van der Waals surface area contributed by atoms with Crippen LogP contribution in [0.4, 0.5) is 0 Å². The van der Waals surface area contributed by atoms with Gasteiger partial charge in [0, 0.05) is 41.2 Å². The Morgan fingerprint density at radius 2 is 1.87 bits per heavy atom. The normalized spacial score (nSPS) is 11.9. The molecule has 1 heterocycles. The summed E-state index contributed by atoms with van der Waals surface area (Å²) < 4.78 is 33.0. The van der Waals surface area contributed by atoms with Crippen LogP contribution in [0.15, 0.2) is 58.2 Å². The zero-order valence-corrected chi connectivity index (χ0v) is 18.0. The van der Waals surface area contributed by atoms with E-state index in [-0.39, 0.29) is 36.6 Å². The number of nitrogens with zero attached hydrogens (tertiary/aromatic N) is 1. The van der Waals surface area contributed by atoms with Gasteiger partial charge in [-0.3, -0.25) is 4.79 Å². The zero-order chi connectivity index (χ0) is 21.7. The molecule has 3 aromatic rings. The first-order chi connectivity index (χ1) is 14.3. The Morgan fingerprint density at radius 3 is 2.53 bits per heavy atom. The largest absolute Gasteiger partial charge is 0.494 e. The number of benzene rings is 2. The highest BCUT2D eigenvalue weighted by atomic mass is 35.5. The molecule has 0 unspecified atom stereocenters. The van der Waals surface area contributed by atoms with Crippen molar-refractivity contribution in [1.82, 2.24) is 9.29 Å². The number of hydrogen-bond acceptors (Lipinski definition) is 5. The van der Waals surface area contributed by atoms with Crippen LogP contribution in [0.5, 0.6) is 5.75 Å². The number of ether oxygens (including phenoxy) is 1. The molecule has 0 bridgehead atoms. The standard InChI is InChI=1S/C21H23ClN2O5S/c1-2-29-18-6-9-20-15(13-18)12-16(21(26)23-20)14-24(10-3-11-25)30(27,28)19-7-4-17(22)5-8-19/h4-9,12-13,25H,2-3,10-11,14H2,1H3,(H,23,26). The van der Waals surface area contributed by atoms with Gasteiger partial charge in [0.15, 0.2) is 0 Å². The summed E-state index contributed by atoms with van der Waals surface area (Å²) in [6.07, 6.45) is 0.243. The number of aromatic nitrogens is 1. The maximum atomic E-state index is 13.1. The summed E-state index contributed by atoms with van der Waals surface area (Å²) in [7, 11) is -3.89. The highest BCUT2D eigenvalue weighted by molar-refractivity contribution is 7.89. The van der Waals surface area contributed by atoms with Crippen LogP contribution in [0.2, 0.25) is 5.02 Å². The van der Waals surface area contributed by atoms with E-state index in [4.69, 9.17) is 16.3 Å². The molecule has 3 rings (SSSR count). The van der Waals surface area contributed by atoms with E-state index in [1.165, 1.54) is 28.6 Å². The molecular formula is C21H23ClN2O5S. The van der Waals surface area contributed by atoms with E-state index in [1.807, 2.05) is 6.92 Å². The summed E-state index contributed by atoms with van der Waals surface area (Å²) in [6, 6.07) is 12.8. The van der Waals surface area contributed by atoms with Crippen LogP contribution >= 0.6 is 11.6 Å². The van der Waals surface area contributed by atoms with Gasteiger partial charge < -0.3 is 14.8 Å². The molecule has 0 spiro atoms. The number of fused-ring (bicyclic) bond motifs is 1. The van der Waals surface area contributed by atoms with Crippen LogP contribution in [0.1, 0.15) is 18.9 Å². The zero-order valence-electron chi connectivity index (χ0n) is 16.5. The molecule has 0 aliphatic rings. The van der Waals surface area contributed by atoms with Crippen LogP contribution in [-0.4, -0.2) is 42.6 Å². The fraction of sp³-hybridized carbons (Fsp3) is 0.286. The number of halogens is 1. The Morgan fingerprint density at radius 1 is 1.13 bits per heavy atom. The van der Waals surface area contributed by atoms with Crippen LogP contribution in [0.3, 0.4) is 0 Å². The maximum absolute atomic E-state index is 13.1. The first-order valence-electron chi connectivity index (χ1n) is 9.50. The lowest BCUT2D eigenvalue weighted by Crippen LogP contribution is -2.34. The second-order valence-electron chi connectivity index (χ2n) is 6.68. The minimum Gasteiger partial charge on any atom is -0.494 e. The number of pyridine rings is 1. The van der Waals surface area contributed by atoms with E-state index in [0.717, 1.165) is 5.39 Å². The molecule has 0 saturated carbocycles. The van der Waals surface area contributed by atoms with Crippen LogP contribution in [0.25, 0.3) is 10.9 Å². The number of sulfonamides is 1. The summed E-state index contributed by atoms with van der Waals surface area (Å²) >= 11 is 5.87. The van der Waals surface area contributed by atoms with Gasteiger partial charge in [0.05, 0.1) is 11.5 Å². The molecule has 1 aromatic heterocycles. The fourth-order valence-corrected chi connectivity index (χ4v) is 4.66. The molecule has 2 aromatic carbocycles. The molecule has 9 heteroatoms. The molecule has 7 nitrogen and oxygen atoms in total. The summed E-state index contributed by atoms with van der Waals surface area (Å²) in [4.78, 5) is 15.4. The number of nitrogens with one attached hydrogen (secondary N) is 1. The van der Waals surface area contributed by atoms with Crippen molar-refractivity contribution in [3.05, 3.63) is 69.5 Å². The van der Waals surface area contributed by atoms with Gasteiger partial charge in [0.25, 0.3) is 5.56 Å². The van der Waals surface area contributed by atoms with Crippen molar-refractivity contribution in [2.75, 3.05) is 19.8 Å². The monoisotopic (exact) mass is 450 g/mol. The van der Waals surface area contributed by atoms with Gasteiger partial charge in [-0.2, -0.15) is 4.31 Å². The lowest BCUT2D eigenvalue weighted by molar-refractivity contribution is 0.267. The SMILES string of the molecule is CCOc1ccc2[nH]c(=O)c(CN(CCCO)S(=O)(=O)c3ccc(Cl)cc3)cc2c1. The summed E-state index contributed by atoms with van der Waals surface area (Å²) in [5.41, 5.74) is 0.563. The minimum absolute atomic E-state index is 0.0674. The third-order valence-electron chi connectivity index (χ3n) is 4.57. The van der Waals surface area contributed by atoms with Crippen molar-refractivity contribution in [1.29, 1.82) is 0 Å². The van der Waals surface area contributed by atoms with E-state index in [9.17, 15) is 18.3 Å². The number of H-pyrrole nitrogens is 1. The van der Waals surface area contributed by atoms with Gasteiger partial charge in [-0.05, 0) is 61.9 Å². The molecule has 0 amide bonds. The van der Waals surface area contributed by atoms with Crippen LogP contribution in [-0.2, 0) is 16.6 Å². The molecule has 30 heavy (non-hydrogen) atoms. The smallest absolute Gasteiger partial charge is 0.252 e. The van der Waals surface area contributed by atoms with Crippen LogP contribution < -0.4 is 10.3 Å². The van der Waals surface area contributed by atoms with Crippen molar-refractivity contribution in [2.45, 2.75) is 24.8 Å². The van der Waals surface area contributed by atoms with E-state index in [2.05, 4.69) is 4.98 Å². The van der Waals surface area contributed by atoms with E-state index < -0.39 is 10.0 Å². The molecular weight excluding hydrogens is 428 g/mol. The molecule has 0 aliphatic heterocycles. The van der Waals surface area contributed by atoms with Gasteiger partial charge >= 0.3 is 0 Å². The summed E-state index contributed by atoms with van der Waals surface area (Å²) in [5.74, 6) is 0.661. The molecule has 2 N–H and O–H groups in total. The molecule has 160 valence electrons. The predicted octanol–water partition coefficient (Wildman–Crippen LogP) is 3.15. The fourth-order valence-electron chi connectivity index (χ4n) is 3.08. The van der Waals surface area contributed by atoms with Crippen molar-refractivity contribution < 1.29 is 18.3 Å². The number of rotatable bonds is 9. The molecule has 0 atom stereocenters. The number of aliphatic hydroxyl groups excluding tert-OH is 1. The lowest BCUT2D eigenvalue weighted by atomic mass is 10.1. The van der Waals surface area contributed by atoms with Crippen molar-refractivity contribution in [3.63, 3.8) is 0 Å². The second kappa shape index (κ2) is 9.61. The Kier molecular flexibility index (Phi) is 7.14. The van der Waals surface area contributed by atoms with Gasteiger partial charge in [-0.1, -0.05) is 11.6 Å². The Balaban J connectivity index is 1.99. The molecule has 0 radical (unpaired) electrons. The third-order valence-corrected chi connectivity index (χ3v) is 6.68.